The molecule has 0 bridgehead atoms. The second-order valence-electron chi connectivity index (χ2n) is 4.72. The maximum absolute atomic E-state index is 11.9. The molecule has 0 spiro atoms. The topological polar surface area (TPSA) is 86.2 Å². The molecule has 0 radical (unpaired) electrons. The van der Waals surface area contributed by atoms with E-state index < -0.39 is 6.04 Å². The number of aldehydes is 1. The molecule has 0 aromatic rings. The summed E-state index contributed by atoms with van der Waals surface area (Å²) < 4.78 is 0. The second-order valence-corrected chi connectivity index (χ2v) is 4.72. The third kappa shape index (κ3) is 4.02. The van der Waals surface area contributed by atoms with Crippen LogP contribution in [0, 0.1) is 5.92 Å². The standard InChI is InChI=1S/C12H22N2O2/c13-10(8-15)6-3-7-11(14)12(16)9-4-1-2-5-9/h8-11H,1-7,13-14H2/t10-,11?/m0/s1. The van der Waals surface area contributed by atoms with Gasteiger partial charge in [0.1, 0.15) is 6.29 Å². The van der Waals surface area contributed by atoms with Crippen molar-refractivity contribution in [3.05, 3.63) is 0 Å². The Morgan fingerprint density at radius 3 is 2.44 bits per heavy atom. The van der Waals surface area contributed by atoms with Gasteiger partial charge in [0.15, 0.2) is 5.78 Å². The fourth-order valence-electron chi connectivity index (χ4n) is 2.30. The Bertz CT molecular complexity index is 237. The van der Waals surface area contributed by atoms with Gasteiger partial charge in [-0.2, -0.15) is 0 Å². The number of Topliss-reactive ketones (excluding diaryl/α,β-unsaturated/α-hetero) is 1. The average molecular weight is 226 g/mol. The van der Waals surface area contributed by atoms with E-state index in [9.17, 15) is 9.59 Å². The molecule has 92 valence electrons. The molecule has 0 aliphatic heterocycles. The van der Waals surface area contributed by atoms with Crippen LogP contribution in [0.2, 0.25) is 0 Å². The smallest absolute Gasteiger partial charge is 0.152 e. The van der Waals surface area contributed by atoms with Crippen molar-refractivity contribution >= 4 is 12.1 Å². The molecule has 0 heterocycles. The van der Waals surface area contributed by atoms with Crippen molar-refractivity contribution in [2.45, 2.75) is 57.0 Å². The molecule has 1 aliphatic carbocycles. The molecule has 0 saturated heterocycles. The van der Waals surface area contributed by atoms with Crippen LogP contribution in [0.3, 0.4) is 0 Å². The third-order valence-corrected chi connectivity index (χ3v) is 3.35. The SMILES string of the molecule is NC(CCC[C@H](N)C=O)C(=O)C1CCCC1. The van der Waals surface area contributed by atoms with Gasteiger partial charge in [0.05, 0.1) is 12.1 Å². The fraction of sp³-hybridized carbons (Fsp3) is 0.833. The van der Waals surface area contributed by atoms with E-state index in [2.05, 4.69) is 0 Å². The van der Waals surface area contributed by atoms with E-state index in [4.69, 9.17) is 11.5 Å². The van der Waals surface area contributed by atoms with Gasteiger partial charge in [-0.3, -0.25) is 4.79 Å². The van der Waals surface area contributed by atoms with E-state index in [1.165, 1.54) is 0 Å². The van der Waals surface area contributed by atoms with Crippen LogP contribution >= 0.6 is 0 Å². The molecule has 1 saturated carbocycles. The highest BCUT2D eigenvalue weighted by atomic mass is 16.1. The first kappa shape index (κ1) is 13.3. The lowest BCUT2D eigenvalue weighted by atomic mass is 9.93. The first-order chi connectivity index (χ1) is 7.65. The first-order valence-corrected chi connectivity index (χ1v) is 6.15. The zero-order valence-electron chi connectivity index (χ0n) is 9.73. The average Bonchev–Trinajstić information content (AvgIpc) is 2.81. The van der Waals surface area contributed by atoms with Crippen LogP contribution in [0.25, 0.3) is 0 Å². The Labute approximate surface area is 96.8 Å². The van der Waals surface area contributed by atoms with Gasteiger partial charge in [-0.05, 0) is 32.1 Å². The van der Waals surface area contributed by atoms with Crippen LogP contribution in [0.4, 0.5) is 0 Å². The number of carbonyl (C=O) groups is 2. The molecule has 0 aromatic carbocycles. The molecular weight excluding hydrogens is 204 g/mol. The highest BCUT2D eigenvalue weighted by Gasteiger charge is 2.26. The summed E-state index contributed by atoms with van der Waals surface area (Å²) in [5.74, 6) is 0.395. The largest absolute Gasteiger partial charge is 0.322 e. The minimum absolute atomic E-state index is 0.190. The van der Waals surface area contributed by atoms with Gasteiger partial charge in [0.2, 0.25) is 0 Å². The van der Waals surface area contributed by atoms with Crippen molar-refractivity contribution in [3.63, 3.8) is 0 Å². The number of hydrogen-bond donors (Lipinski definition) is 2. The zero-order valence-corrected chi connectivity index (χ0v) is 9.73. The van der Waals surface area contributed by atoms with E-state index in [0.29, 0.717) is 12.8 Å². The Hall–Kier alpha value is -0.740. The molecule has 4 heteroatoms. The van der Waals surface area contributed by atoms with Crippen molar-refractivity contribution in [2.75, 3.05) is 0 Å². The van der Waals surface area contributed by atoms with Crippen molar-refractivity contribution in [1.82, 2.24) is 0 Å². The van der Waals surface area contributed by atoms with Gasteiger partial charge in [0, 0.05) is 5.92 Å². The molecule has 1 aliphatic rings. The van der Waals surface area contributed by atoms with E-state index >= 15 is 0 Å². The van der Waals surface area contributed by atoms with E-state index in [0.717, 1.165) is 38.4 Å². The summed E-state index contributed by atoms with van der Waals surface area (Å²) in [4.78, 5) is 22.2. The van der Waals surface area contributed by atoms with Crippen LogP contribution in [-0.4, -0.2) is 24.2 Å². The number of rotatable bonds is 7. The first-order valence-electron chi connectivity index (χ1n) is 6.15. The maximum Gasteiger partial charge on any atom is 0.152 e. The van der Waals surface area contributed by atoms with Gasteiger partial charge >= 0.3 is 0 Å². The lowest BCUT2D eigenvalue weighted by Gasteiger charge is -2.15. The molecule has 2 atom stereocenters. The van der Waals surface area contributed by atoms with Crippen LogP contribution in [0.15, 0.2) is 0 Å². The number of hydrogen-bond acceptors (Lipinski definition) is 4. The minimum Gasteiger partial charge on any atom is -0.322 e. The molecular formula is C12H22N2O2. The van der Waals surface area contributed by atoms with Gasteiger partial charge in [-0.15, -0.1) is 0 Å². The predicted molar refractivity (Wildman–Crippen MR) is 62.8 cm³/mol. The van der Waals surface area contributed by atoms with E-state index in [1.54, 1.807) is 0 Å². The van der Waals surface area contributed by atoms with Gasteiger partial charge in [-0.1, -0.05) is 12.8 Å². The zero-order chi connectivity index (χ0) is 12.0. The highest BCUT2D eigenvalue weighted by Crippen LogP contribution is 2.26. The van der Waals surface area contributed by atoms with E-state index in [-0.39, 0.29) is 17.7 Å². The lowest BCUT2D eigenvalue weighted by molar-refractivity contribution is -0.124. The van der Waals surface area contributed by atoms with Crippen LogP contribution in [0.1, 0.15) is 44.9 Å². The summed E-state index contributed by atoms with van der Waals surface area (Å²) in [7, 11) is 0. The molecule has 0 amide bonds. The Balaban J connectivity index is 2.20. The van der Waals surface area contributed by atoms with Crippen LogP contribution in [0.5, 0.6) is 0 Å². The monoisotopic (exact) mass is 226 g/mol. The quantitative estimate of drug-likeness (QED) is 0.628. The minimum atomic E-state index is -0.409. The van der Waals surface area contributed by atoms with Crippen molar-refractivity contribution in [3.8, 4) is 0 Å². The molecule has 1 fully saturated rings. The number of nitrogens with two attached hydrogens (primary N) is 2. The molecule has 16 heavy (non-hydrogen) atoms. The van der Waals surface area contributed by atoms with Crippen molar-refractivity contribution < 1.29 is 9.59 Å². The highest BCUT2D eigenvalue weighted by molar-refractivity contribution is 5.86. The van der Waals surface area contributed by atoms with Crippen LogP contribution in [-0.2, 0) is 9.59 Å². The van der Waals surface area contributed by atoms with Crippen LogP contribution < -0.4 is 11.5 Å². The maximum atomic E-state index is 11.9. The second kappa shape index (κ2) is 6.76. The van der Waals surface area contributed by atoms with Gasteiger partial charge in [-0.25, -0.2) is 0 Å². The third-order valence-electron chi connectivity index (χ3n) is 3.35. The Morgan fingerprint density at radius 2 is 1.88 bits per heavy atom. The summed E-state index contributed by atoms with van der Waals surface area (Å²) in [6, 6.07) is -0.768. The Morgan fingerprint density at radius 1 is 1.25 bits per heavy atom. The lowest BCUT2D eigenvalue weighted by Crippen LogP contribution is -2.35. The van der Waals surface area contributed by atoms with Gasteiger partial charge < -0.3 is 16.3 Å². The summed E-state index contributed by atoms with van der Waals surface area (Å²) in [6.45, 7) is 0. The normalized spacial score (nSPS) is 20.6. The fourth-order valence-corrected chi connectivity index (χ4v) is 2.30. The van der Waals surface area contributed by atoms with Gasteiger partial charge in [0.25, 0.3) is 0 Å². The molecule has 1 rings (SSSR count). The summed E-state index contributed by atoms with van der Waals surface area (Å²) >= 11 is 0. The van der Waals surface area contributed by atoms with Crippen molar-refractivity contribution in [1.29, 1.82) is 0 Å². The summed E-state index contributed by atoms with van der Waals surface area (Å²) in [5, 5.41) is 0. The molecule has 1 unspecified atom stereocenters. The predicted octanol–water partition coefficient (Wildman–Crippen LogP) is 0.769. The molecule has 4 nitrogen and oxygen atoms in total. The summed E-state index contributed by atoms with van der Waals surface area (Å²) in [5.41, 5.74) is 11.3. The molecule has 4 N–H and O–H groups in total. The summed E-state index contributed by atoms with van der Waals surface area (Å²) in [6.07, 6.45) is 7.06. The Kier molecular flexibility index (Phi) is 5.63. The number of carbonyl (C=O) groups excluding carboxylic acids is 2. The number of ketones is 1. The van der Waals surface area contributed by atoms with Crippen molar-refractivity contribution in [2.24, 2.45) is 17.4 Å². The molecule has 0 aromatic heterocycles. The van der Waals surface area contributed by atoms with E-state index in [1.807, 2.05) is 0 Å².